The van der Waals surface area contributed by atoms with Crippen molar-refractivity contribution in [1.29, 1.82) is 0 Å². The number of ether oxygens (including phenoxy) is 1. The van der Waals surface area contributed by atoms with Crippen LogP contribution in [0, 0.1) is 6.92 Å². The van der Waals surface area contributed by atoms with Gasteiger partial charge in [-0.2, -0.15) is 0 Å². The van der Waals surface area contributed by atoms with E-state index in [0.29, 0.717) is 24.3 Å². The number of piperidine rings is 1. The number of amides is 1. The topological polar surface area (TPSA) is 66.8 Å². The molecule has 1 fully saturated rings. The highest BCUT2D eigenvalue weighted by molar-refractivity contribution is 5.97. The Morgan fingerprint density at radius 3 is 2.75 bits per heavy atom. The Hall–Kier alpha value is -2.04. The third-order valence-electron chi connectivity index (χ3n) is 3.70. The summed E-state index contributed by atoms with van der Waals surface area (Å²) >= 11 is 0. The summed E-state index contributed by atoms with van der Waals surface area (Å²) in [5.74, 6) is -0.535. The van der Waals surface area contributed by atoms with Crippen molar-refractivity contribution in [2.24, 2.45) is 0 Å². The minimum Gasteiger partial charge on any atom is -0.496 e. The summed E-state index contributed by atoms with van der Waals surface area (Å²) in [4.78, 5) is 25.2. The van der Waals surface area contributed by atoms with E-state index in [4.69, 9.17) is 4.74 Å². The van der Waals surface area contributed by atoms with Crippen molar-refractivity contribution in [1.82, 2.24) is 4.90 Å². The number of hydrogen-bond donors (Lipinski definition) is 1. The molecule has 2 rings (SSSR count). The van der Waals surface area contributed by atoms with E-state index in [1.807, 2.05) is 13.0 Å². The number of benzene rings is 1. The normalized spacial score (nSPS) is 18.7. The maximum absolute atomic E-state index is 12.5. The van der Waals surface area contributed by atoms with Crippen LogP contribution in [0.25, 0.3) is 0 Å². The number of carboxylic acids is 1. The van der Waals surface area contributed by atoms with Crippen LogP contribution < -0.4 is 4.74 Å². The van der Waals surface area contributed by atoms with E-state index in [1.165, 1.54) is 4.90 Å². The second kappa shape index (κ2) is 5.94. The van der Waals surface area contributed by atoms with E-state index in [-0.39, 0.29) is 5.91 Å². The molecule has 108 valence electrons. The molecule has 1 atom stereocenters. The first-order valence-corrected chi connectivity index (χ1v) is 6.73. The standard InChI is InChI=1S/C15H19NO4/c1-10-6-7-11(9-13(10)20-2)14(17)16-8-4-3-5-12(16)15(18)19/h6-7,9,12H,3-5,8H2,1-2H3,(H,18,19)/t12-/m0/s1. The molecular formula is C15H19NO4. The number of carbonyl (C=O) groups excluding carboxylic acids is 1. The Morgan fingerprint density at radius 2 is 2.10 bits per heavy atom. The van der Waals surface area contributed by atoms with Gasteiger partial charge in [-0.3, -0.25) is 4.79 Å². The lowest BCUT2D eigenvalue weighted by Crippen LogP contribution is -2.47. The molecule has 5 heteroatoms. The maximum Gasteiger partial charge on any atom is 0.326 e. The third kappa shape index (κ3) is 2.76. The van der Waals surface area contributed by atoms with Gasteiger partial charge in [-0.05, 0) is 43.9 Å². The molecule has 0 unspecified atom stereocenters. The molecular weight excluding hydrogens is 258 g/mol. The van der Waals surface area contributed by atoms with Gasteiger partial charge in [0.05, 0.1) is 7.11 Å². The lowest BCUT2D eigenvalue weighted by Gasteiger charge is -2.33. The number of carboxylic acid groups (broad SMARTS) is 1. The first kappa shape index (κ1) is 14.4. The molecule has 20 heavy (non-hydrogen) atoms. The first-order chi connectivity index (χ1) is 9.54. The van der Waals surface area contributed by atoms with Gasteiger partial charge in [0.15, 0.2) is 0 Å². The number of carbonyl (C=O) groups is 2. The van der Waals surface area contributed by atoms with Crippen LogP contribution in [0.1, 0.15) is 35.2 Å². The predicted octanol–water partition coefficient (Wildman–Crippen LogP) is 2.08. The highest BCUT2D eigenvalue weighted by atomic mass is 16.5. The Labute approximate surface area is 118 Å². The van der Waals surface area contributed by atoms with Gasteiger partial charge in [0, 0.05) is 12.1 Å². The zero-order valence-electron chi connectivity index (χ0n) is 11.8. The molecule has 1 aromatic rings. The molecule has 0 aromatic heterocycles. The van der Waals surface area contributed by atoms with Crippen molar-refractivity contribution in [3.05, 3.63) is 29.3 Å². The van der Waals surface area contributed by atoms with Gasteiger partial charge < -0.3 is 14.7 Å². The molecule has 0 radical (unpaired) electrons. The predicted molar refractivity (Wildman–Crippen MR) is 74.0 cm³/mol. The molecule has 1 heterocycles. The fourth-order valence-electron chi connectivity index (χ4n) is 2.55. The molecule has 1 amide bonds. The zero-order valence-corrected chi connectivity index (χ0v) is 11.8. The highest BCUT2D eigenvalue weighted by Crippen LogP contribution is 2.23. The molecule has 0 bridgehead atoms. The van der Waals surface area contributed by atoms with Crippen LogP contribution >= 0.6 is 0 Å². The largest absolute Gasteiger partial charge is 0.496 e. The summed E-state index contributed by atoms with van der Waals surface area (Å²) < 4.78 is 5.21. The second-order valence-corrected chi connectivity index (χ2v) is 5.03. The van der Waals surface area contributed by atoms with Crippen molar-refractivity contribution >= 4 is 11.9 Å². The third-order valence-corrected chi connectivity index (χ3v) is 3.70. The van der Waals surface area contributed by atoms with Gasteiger partial charge in [-0.15, -0.1) is 0 Å². The average Bonchev–Trinajstić information content (AvgIpc) is 2.47. The molecule has 1 N–H and O–H groups in total. The Morgan fingerprint density at radius 1 is 1.35 bits per heavy atom. The van der Waals surface area contributed by atoms with E-state index < -0.39 is 12.0 Å². The van der Waals surface area contributed by atoms with Crippen LogP contribution in [0.15, 0.2) is 18.2 Å². The summed E-state index contributed by atoms with van der Waals surface area (Å²) in [7, 11) is 1.55. The summed E-state index contributed by atoms with van der Waals surface area (Å²) in [5.41, 5.74) is 1.41. The van der Waals surface area contributed by atoms with Crippen LogP contribution in [-0.4, -0.2) is 41.6 Å². The first-order valence-electron chi connectivity index (χ1n) is 6.73. The molecule has 1 saturated heterocycles. The van der Waals surface area contributed by atoms with Crippen LogP contribution in [-0.2, 0) is 4.79 Å². The van der Waals surface area contributed by atoms with Crippen molar-refractivity contribution in [3.8, 4) is 5.75 Å². The van der Waals surface area contributed by atoms with E-state index in [9.17, 15) is 14.7 Å². The van der Waals surface area contributed by atoms with Crippen LogP contribution in [0.5, 0.6) is 5.75 Å². The minimum absolute atomic E-state index is 0.240. The van der Waals surface area contributed by atoms with Gasteiger partial charge in [0.2, 0.25) is 0 Å². The highest BCUT2D eigenvalue weighted by Gasteiger charge is 2.32. The second-order valence-electron chi connectivity index (χ2n) is 5.03. The van der Waals surface area contributed by atoms with Crippen LogP contribution in [0.2, 0.25) is 0 Å². The average molecular weight is 277 g/mol. The SMILES string of the molecule is COc1cc(C(=O)N2CCCC[C@H]2C(=O)O)ccc1C. The summed E-state index contributed by atoms with van der Waals surface area (Å²) in [6, 6.07) is 4.48. The van der Waals surface area contributed by atoms with Crippen LogP contribution in [0.3, 0.4) is 0 Å². The number of aliphatic carboxylic acids is 1. The van der Waals surface area contributed by atoms with Crippen molar-refractivity contribution in [2.45, 2.75) is 32.2 Å². The number of likely N-dealkylation sites (tertiary alicyclic amines) is 1. The molecule has 0 saturated carbocycles. The minimum atomic E-state index is -0.933. The molecule has 0 spiro atoms. The molecule has 1 aliphatic rings. The summed E-state index contributed by atoms with van der Waals surface area (Å²) in [6.45, 7) is 2.39. The molecule has 0 aliphatic carbocycles. The number of methoxy groups -OCH3 is 1. The molecule has 1 aromatic carbocycles. The van der Waals surface area contributed by atoms with Gasteiger partial charge >= 0.3 is 5.97 Å². The van der Waals surface area contributed by atoms with E-state index >= 15 is 0 Å². The zero-order chi connectivity index (χ0) is 14.7. The monoisotopic (exact) mass is 277 g/mol. The van der Waals surface area contributed by atoms with Crippen molar-refractivity contribution in [2.75, 3.05) is 13.7 Å². The number of nitrogens with zero attached hydrogens (tertiary/aromatic N) is 1. The fourth-order valence-corrected chi connectivity index (χ4v) is 2.55. The lowest BCUT2D eigenvalue weighted by atomic mass is 10.0. The van der Waals surface area contributed by atoms with Crippen LogP contribution in [0.4, 0.5) is 0 Å². The quantitative estimate of drug-likeness (QED) is 0.918. The van der Waals surface area contributed by atoms with Crippen molar-refractivity contribution < 1.29 is 19.4 Å². The van der Waals surface area contributed by atoms with E-state index in [1.54, 1.807) is 19.2 Å². The fraction of sp³-hybridized carbons (Fsp3) is 0.467. The molecule has 5 nitrogen and oxygen atoms in total. The Bertz CT molecular complexity index is 527. The maximum atomic E-state index is 12.5. The van der Waals surface area contributed by atoms with Crippen molar-refractivity contribution in [3.63, 3.8) is 0 Å². The lowest BCUT2D eigenvalue weighted by molar-refractivity contribution is -0.143. The summed E-state index contributed by atoms with van der Waals surface area (Å²) in [6.07, 6.45) is 2.21. The van der Waals surface area contributed by atoms with Gasteiger partial charge in [0.1, 0.15) is 11.8 Å². The van der Waals surface area contributed by atoms with Gasteiger partial charge in [0.25, 0.3) is 5.91 Å². The number of hydrogen-bond acceptors (Lipinski definition) is 3. The molecule has 1 aliphatic heterocycles. The Balaban J connectivity index is 2.27. The Kier molecular flexibility index (Phi) is 4.27. The summed E-state index contributed by atoms with van der Waals surface area (Å²) in [5, 5.41) is 9.23. The van der Waals surface area contributed by atoms with E-state index in [2.05, 4.69) is 0 Å². The van der Waals surface area contributed by atoms with Gasteiger partial charge in [-0.1, -0.05) is 6.07 Å². The number of rotatable bonds is 3. The van der Waals surface area contributed by atoms with Gasteiger partial charge in [-0.25, -0.2) is 4.79 Å². The van der Waals surface area contributed by atoms with E-state index in [0.717, 1.165) is 18.4 Å². The number of aryl methyl sites for hydroxylation is 1. The smallest absolute Gasteiger partial charge is 0.326 e.